The van der Waals surface area contributed by atoms with Gasteiger partial charge < -0.3 is 9.47 Å². The van der Waals surface area contributed by atoms with Crippen LogP contribution < -0.4 is 9.47 Å². The first kappa shape index (κ1) is 23.4. The first-order valence-electron chi connectivity index (χ1n) is 11.6. The van der Waals surface area contributed by atoms with Crippen molar-refractivity contribution in [1.82, 2.24) is 0 Å². The highest BCUT2D eigenvalue weighted by Crippen LogP contribution is 2.40. The molecule has 0 amide bonds. The summed E-state index contributed by atoms with van der Waals surface area (Å²) in [5, 5.41) is 0. The third-order valence-corrected chi connectivity index (χ3v) is 6.00. The molecule has 2 nitrogen and oxygen atoms in total. The predicted molar refractivity (Wildman–Crippen MR) is 142 cm³/mol. The van der Waals surface area contributed by atoms with Crippen molar-refractivity contribution in [3.8, 4) is 22.6 Å². The van der Waals surface area contributed by atoms with Crippen molar-refractivity contribution in [2.45, 2.75) is 32.8 Å². The van der Waals surface area contributed by atoms with E-state index in [1.54, 1.807) is 7.11 Å². The highest BCUT2D eigenvalue weighted by molar-refractivity contribution is 5.84. The average molecular weight is 449 g/mol. The highest BCUT2D eigenvalue weighted by atomic mass is 16.5. The van der Waals surface area contributed by atoms with E-state index in [0.717, 1.165) is 44.9 Å². The molecule has 0 bridgehead atoms. The maximum absolute atomic E-state index is 6.49. The lowest BCUT2D eigenvalue weighted by molar-refractivity contribution is 0.296. The van der Waals surface area contributed by atoms with Crippen molar-refractivity contribution >= 4 is 5.57 Å². The number of benzene rings is 4. The number of ether oxygens (including phenoxy) is 2. The number of hydrogen-bond donors (Lipinski definition) is 0. The summed E-state index contributed by atoms with van der Waals surface area (Å²) in [5.41, 5.74) is 7.40. The maximum Gasteiger partial charge on any atom is 0.131 e. The fourth-order valence-electron chi connectivity index (χ4n) is 4.16. The van der Waals surface area contributed by atoms with Crippen LogP contribution in [0.1, 0.15) is 43.0 Å². The van der Waals surface area contributed by atoms with Gasteiger partial charge >= 0.3 is 0 Å². The molecule has 172 valence electrons. The molecule has 0 saturated heterocycles. The zero-order valence-electron chi connectivity index (χ0n) is 20.5. The Labute approximate surface area is 203 Å². The highest BCUT2D eigenvalue weighted by Gasteiger charge is 2.23. The Morgan fingerprint density at radius 3 is 2.24 bits per heavy atom. The second kappa shape index (κ2) is 10.0. The van der Waals surface area contributed by atoms with E-state index in [-0.39, 0.29) is 5.41 Å². The van der Waals surface area contributed by atoms with Crippen LogP contribution in [0.15, 0.2) is 104 Å². The molecule has 0 unspecified atom stereocenters. The molecule has 0 fully saturated rings. The van der Waals surface area contributed by atoms with Crippen LogP contribution in [0.2, 0.25) is 0 Å². The van der Waals surface area contributed by atoms with E-state index in [1.807, 2.05) is 36.4 Å². The summed E-state index contributed by atoms with van der Waals surface area (Å²) >= 11 is 0. The number of methoxy groups -OCH3 is 1. The van der Waals surface area contributed by atoms with Gasteiger partial charge in [0.25, 0.3) is 0 Å². The van der Waals surface area contributed by atoms with Gasteiger partial charge in [0.15, 0.2) is 0 Å². The van der Waals surface area contributed by atoms with Gasteiger partial charge in [-0.25, -0.2) is 0 Å². The number of rotatable bonds is 7. The lowest BCUT2D eigenvalue weighted by Gasteiger charge is -2.25. The number of para-hydroxylation sites is 2. The summed E-state index contributed by atoms with van der Waals surface area (Å²) in [4.78, 5) is 0. The van der Waals surface area contributed by atoms with Gasteiger partial charge in [-0.3, -0.25) is 0 Å². The van der Waals surface area contributed by atoms with Gasteiger partial charge in [0.1, 0.15) is 18.1 Å². The molecule has 0 aromatic heterocycles. The molecule has 2 heteroatoms. The molecular formula is C32H32O2. The van der Waals surface area contributed by atoms with E-state index in [0.29, 0.717) is 6.61 Å². The van der Waals surface area contributed by atoms with Crippen LogP contribution in [0.3, 0.4) is 0 Å². The molecule has 0 spiro atoms. The molecule has 0 heterocycles. The second-order valence-electron chi connectivity index (χ2n) is 9.47. The normalized spacial score (nSPS) is 11.2. The molecule has 0 saturated carbocycles. The van der Waals surface area contributed by atoms with Crippen LogP contribution in [-0.2, 0) is 12.0 Å². The molecular weight excluding hydrogens is 416 g/mol. The van der Waals surface area contributed by atoms with Crippen molar-refractivity contribution in [2.24, 2.45) is 0 Å². The molecule has 34 heavy (non-hydrogen) atoms. The van der Waals surface area contributed by atoms with Crippen molar-refractivity contribution in [2.75, 3.05) is 7.11 Å². The van der Waals surface area contributed by atoms with E-state index < -0.39 is 0 Å². The van der Waals surface area contributed by atoms with Crippen molar-refractivity contribution in [3.05, 3.63) is 126 Å². The van der Waals surface area contributed by atoms with Gasteiger partial charge in [-0.2, -0.15) is 0 Å². The molecule has 4 rings (SSSR count). The Kier molecular flexibility index (Phi) is 6.88. The van der Waals surface area contributed by atoms with Crippen LogP contribution in [0.4, 0.5) is 0 Å². The molecule has 0 N–H and O–H groups in total. The van der Waals surface area contributed by atoms with Gasteiger partial charge in [-0.15, -0.1) is 0 Å². The summed E-state index contributed by atoms with van der Waals surface area (Å²) in [7, 11) is 1.70. The Morgan fingerprint density at radius 2 is 1.50 bits per heavy atom. The van der Waals surface area contributed by atoms with Gasteiger partial charge in [-0.05, 0) is 39.8 Å². The fraction of sp³-hybridized carbons (Fsp3) is 0.188. The maximum atomic E-state index is 6.49. The lowest BCUT2D eigenvalue weighted by atomic mass is 9.83. The predicted octanol–water partition coefficient (Wildman–Crippen LogP) is 8.30. The molecule has 0 radical (unpaired) electrons. The van der Waals surface area contributed by atoms with E-state index in [9.17, 15) is 0 Å². The second-order valence-corrected chi connectivity index (χ2v) is 9.47. The Morgan fingerprint density at radius 1 is 0.794 bits per heavy atom. The van der Waals surface area contributed by atoms with Crippen LogP contribution in [0.5, 0.6) is 11.5 Å². The van der Waals surface area contributed by atoms with E-state index >= 15 is 0 Å². The Bertz CT molecular complexity index is 1280. The molecule has 0 aliphatic heterocycles. The molecule has 4 aromatic carbocycles. The fourth-order valence-corrected chi connectivity index (χ4v) is 4.16. The van der Waals surface area contributed by atoms with Gasteiger partial charge in [-0.1, -0.05) is 112 Å². The van der Waals surface area contributed by atoms with Crippen LogP contribution in [0.25, 0.3) is 16.7 Å². The lowest BCUT2D eigenvalue weighted by Crippen LogP contribution is -2.14. The minimum Gasteiger partial charge on any atom is -0.496 e. The van der Waals surface area contributed by atoms with Crippen LogP contribution in [0, 0.1) is 0 Å². The SMILES string of the molecule is C=C(c1cccc(-c2ccccc2OC)c1)c1cccc(C(C)(C)C)c1OCc1ccccc1. The molecule has 0 aliphatic carbocycles. The monoisotopic (exact) mass is 448 g/mol. The van der Waals surface area contributed by atoms with Gasteiger partial charge in [0.2, 0.25) is 0 Å². The first-order chi connectivity index (χ1) is 16.4. The third-order valence-electron chi connectivity index (χ3n) is 6.00. The van der Waals surface area contributed by atoms with E-state index in [1.165, 1.54) is 5.56 Å². The summed E-state index contributed by atoms with van der Waals surface area (Å²) in [6, 6.07) is 33.2. The summed E-state index contributed by atoms with van der Waals surface area (Å²) in [6.07, 6.45) is 0. The minimum absolute atomic E-state index is 0.0679. The van der Waals surface area contributed by atoms with Crippen LogP contribution in [-0.4, -0.2) is 7.11 Å². The van der Waals surface area contributed by atoms with Crippen LogP contribution >= 0.6 is 0 Å². The topological polar surface area (TPSA) is 18.5 Å². The smallest absolute Gasteiger partial charge is 0.131 e. The quantitative estimate of drug-likeness (QED) is 0.283. The number of hydrogen-bond acceptors (Lipinski definition) is 2. The minimum atomic E-state index is -0.0679. The first-order valence-corrected chi connectivity index (χ1v) is 11.6. The van der Waals surface area contributed by atoms with Crippen molar-refractivity contribution in [1.29, 1.82) is 0 Å². The Hall–Kier alpha value is -3.78. The zero-order chi connectivity index (χ0) is 24.1. The zero-order valence-corrected chi connectivity index (χ0v) is 20.5. The molecule has 4 aromatic rings. The molecule has 0 atom stereocenters. The Balaban J connectivity index is 1.75. The van der Waals surface area contributed by atoms with Crippen molar-refractivity contribution < 1.29 is 9.47 Å². The van der Waals surface area contributed by atoms with Crippen molar-refractivity contribution in [3.63, 3.8) is 0 Å². The summed E-state index contributed by atoms with van der Waals surface area (Å²) in [6.45, 7) is 11.7. The largest absolute Gasteiger partial charge is 0.496 e. The third kappa shape index (κ3) is 5.07. The van der Waals surface area contributed by atoms with E-state index in [2.05, 4.69) is 88.0 Å². The standard InChI is InChI=1S/C32H32O2/c1-23(25-15-11-16-26(21-25)28-17-9-10-20-30(28)33-5)27-18-12-19-29(32(2,3)4)31(27)34-22-24-13-7-6-8-14-24/h6-21H,1,22H2,2-5H3. The molecule has 0 aliphatic rings. The van der Waals surface area contributed by atoms with E-state index in [4.69, 9.17) is 9.47 Å². The average Bonchev–Trinajstić information content (AvgIpc) is 2.87. The summed E-state index contributed by atoms with van der Waals surface area (Å²) in [5.74, 6) is 1.75. The van der Waals surface area contributed by atoms with Gasteiger partial charge in [0.05, 0.1) is 7.11 Å². The van der Waals surface area contributed by atoms with Gasteiger partial charge in [0, 0.05) is 16.7 Å². The summed E-state index contributed by atoms with van der Waals surface area (Å²) < 4.78 is 12.1.